The van der Waals surface area contributed by atoms with Crippen molar-refractivity contribution in [1.29, 1.82) is 0 Å². The summed E-state index contributed by atoms with van der Waals surface area (Å²) < 4.78 is 0. The average Bonchev–Trinajstić information content (AvgIpc) is 2.84. The Bertz CT molecular complexity index is 590. The molecule has 0 aliphatic heterocycles. The summed E-state index contributed by atoms with van der Waals surface area (Å²) in [6.45, 7) is 1.94. The first-order valence-electron chi connectivity index (χ1n) is 5.41. The van der Waals surface area contributed by atoms with Crippen LogP contribution in [0.3, 0.4) is 0 Å². The van der Waals surface area contributed by atoms with Crippen LogP contribution in [-0.4, -0.2) is 11.6 Å². The van der Waals surface area contributed by atoms with Gasteiger partial charge in [0, 0.05) is 16.0 Å². The predicted molar refractivity (Wildman–Crippen MR) is 66.9 cm³/mol. The highest BCUT2D eigenvalue weighted by Gasteiger charge is 2.40. The fraction of sp³-hybridized carbons (Fsp3) is 0.143. The molecule has 3 rings (SSSR count). The molecular formula is C14H10O2S. The number of ketones is 2. The van der Waals surface area contributed by atoms with Crippen LogP contribution in [0.15, 0.2) is 35.7 Å². The third kappa shape index (κ3) is 1.39. The SMILES string of the molecule is Cc1ccsc1C1C(=O)c2ccccc2C1=O. The van der Waals surface area contributed by atoms with E-state index in [0.29, 0.717) is 11.1 Å². The average molecular weight is 242 g/mol. The molecule has 2 nitrogen and oxygen atoms in total. The number of carbonyl (C=O) groups is 2. The van der Waals surface area contributed by atoms with E-state index >= 15 is 0 Å². The molecular weight excluding hydrogens is 232 g/mol. The van der Waals surface area contributed by atoms with Gasteiger partial charge in [0.05, 0.1) is 0 Å². The van der Waals surface area contributed by atoms with Crippen molar-refractivity contribution in [3.05, 3.63) is 57.3 Å². The van der Waals surface area contributed by atoms with Gasteiger partial charge in [-0.25, -0.2) is 0 Å². The highest BCUT2D eigenvalue weighted by atomic mass is 32.1. The van der Waals surface area contributed by atoms with Gasteiger partial charge in [0.1, 0.15) is 5.92 Å². The van der Waals surface area contributed by atoms with Gasteiger partial charge >= 0.3 is 0 Å². The topological polar surface area (TPSA) is 34.1 Å². The predicted octanol–water partition coefficient (Wildman–Crippen LogP) is 3.22. The summed E-state index contributed by atoms with van der Waals surface area (Å²) in [4.78, 5) is 25.4. The Morgan fingerprint density at radius 3 is 2.06 bits per heavy atom. The first kappa shape index (κ1) is 10.4. The molecule has 1 heterocycles. The van der Waals surface area contributed by atoms with Crippen LogP contribution >= 0.6 is 11.3 Å². The van der Waals surface area contributed by atoms with E-state index in [1.54, 1.807) is 24.3 Å². The molecule has 0 fully saturated rings. The summed E-state index contributed by atoms with van der Waals surface area (Å²) in [5, 5.41) is 1.92. The first-order chi connectivity index (χ1) is 8.20. The van der Waals surface area contributed by atoms with Gasteiger partial charge in [0.2, 0.25) is 0 Å². The lowest BCUT2D eigenvalue weighted by Gasteiger charge is -2.05. The molecule has 84 valence electrons. The Kier molecular flexibility index (Phi) is 2.23. The Morgan fingerprint density at radius 2 is 1.59 bits per heavy atom. The number of rotatable bonds is 1. The van der Waals surface area contributed by atoms with Crippen LogP contribution in [0.5, 0.6) is 0 Å². The van der Waals surface area contributed by atoms with Crippen LogP contribution in [-0.2, 0) is 0 Å². The quantitative estimate of drug-likeness (QED) is 0.719. The van der Waals surface area contributed by atoms with E-state index in [1.807, 2.05) is 18.4 Å². The van der Waals surface area contributed by atoms with Gasteiger partial charge in [-0.1, -0.05) is 24.3 Å². The molecule has 0 saturated heterocycles. The second-order valence-electron chi connectivity index (χ2n) is 4.17. The number of Topliss-reactive ketones (excluding diaryl/α,β-unsaturated/α-hetero) is 2. The van der Waals surface area contributed by atoms with E-state index in [-0.39, 0.29) is 11.6 Å². The third-order valence-corrected chi connectivity index (χ3v) is 4.23. The van der Waals surface area contributed by atoms with E-state index in [4.69, 9.17) is 0 Å². The summed E-state index contributed by atoms with van der Waals surface area (Å²) in [6.07, 6.45) is 0. The number of thiophene rings is 1. The van der Waals surface area contributed by atoms with E-state index in [0.717, 1.165) is 10.4 Å². The van der Waals surface area contributed by atoms with Crippen molar-refractivity contribution in [3.8, 4) is 0 Å². The minimum Gasteiger partial charge on any atom is -0.293 e. The lowest BCUT2D eigenvalue weighted by molar-refractivity contribution is 0.0891. The van der Waals surface area contributed by atoms with Gasteiger partial charge < -0.3 is 0 Å². The molecule has 3 heteroatoms. The van der Waals surface area contributed by atoms with Crippen LogP contribution in [0.2, 0.25) is 0 Å². The third-order valence-electron chi connectivity index (χ3n) is 3.15. The Labute approximate surface area is 103 Å². The van der Waals surface area contributed by atoms with Gasteiger partial charge in [0.15, 0.2) is 11.6 Å². The standard InChI is InChI=1S/C14H10O2S/c1-8-6-7-17-14(8)11-12(15)9-4-2-3-5-10(9)13(11)16/h2-7,11H,1H3. The van der Waals surface area contributed by atoms with E-state index in [9.17, 15) is 9.59 Å². The normalized spacial score (nSPS) is 15.4. The van der Waals surface area contributed by atoms with E-state index < -0.39 is 5.92 Å². The number of carbonyl (C=O) groups excluding carboxylic acids is 2. The van der Waals surface area contributed by atoms with Gasteiger partial charge in [0.25, 0.3) is 0 Å². The van der Waals surface area contributed by atoms with Crippen molar-refractivity contribution >= 4 is 22.9 Å². The Balaban J connectivity index is 2.16. The Hall–Kier alpha value is -1.74. The number of hydrogen-bond acceptors (Lipinski definition) is 3. The molecule has 0 saturated carbocycles. The molecule has 1 aromatic heterocycles. The molecule has 1 aromatic carbocycles. The zero-order valence-electron chi connectivity index (χ0n) is 9.27. The molecule has 0 spiro atoms. The number of aryl methyl sites for hydroxylation is 1. The maximum atomic E-state index is 12.2. The van der Waals surface area contributed by atoms with Gasteiger partial charge in [-0.05, 0) is 23.9 Å². The molecule has 17 heavy (non-hydrogen) atoms. The molecule has 2 aromatic rings. The van der Waals surface area contributed by atoms with Crippen LogP contribution in [0.1, 0.15) is 37.1 Å². The summed E-state index contributed by atoms with van der Waals surface area (Å²) in [5.74, 6) is -0.722. The maximum absolute atomic E-state index is 12.2. The van der Waals surface area contributed by atoms with E-state index in [2.05, 4.69) is 0 Å². The van der Waals surface area contributed by atoms with Crippen molar-refractivity contribution in [2.45, 2.75) is 12.8 Å². The monoisotopic (exact) mass is 242 g/mol. The molecule has 0 amide bonds. The number of benzene rings is 1. The smallest absolute Gasteiger partial charge is 0.179 e. The van der Waals surface area contributed by atoms with Crippen molar-refractivity contribution in [1.82, 2.24) is 0 Å². The minimum absolute atomic E-state index is 0.0591. The lowest BCUT2D eigenvalue weighted by atomic mass is 9.99. The largest absolute Gasteiger partial charge is 0.293 e. The van der Waals surface area contributed by atoms with Crippen molar-refractivity contribution in [2.24, 2.45) is 0 Å². The highest BCUT2D eigenvalue weighted by molar-refractivity contribution is 7.10. The Morgan fingerprint density at radius 1 is 1.00 bits per heavy atom. The van der Waals surface area contributed by atoms with E-state index in [1.165, 1.54) is 11.3 Å². The summed E-state index contributed by atoms with van der Waals surface area (Å²) in [7, 11) is 0. The van der Waals surface area contributed by atoms with Crippen LogP contribution < -0.4 is 0 Å². The molecule has 0 N–H and O–H groups in total. The minimum atomic E-state index is -0.604. The lowest BCUT2D eigenvalue weighted by Crippen LogP contribution is -2.12. The molecule has 1 aliphatic rings. The molecule has 0 atom stereocenters. The van der Waals surface area contributed by atoms with Crippen molar-refractivity contribution in [3.63, 3.8) is 0 Å². The second-order valence-corrected chi connectivity index (χ2v) is 5.12. The molecule has 0 unspecified atom stereocenters. The molecule has 0 bridgehead atoms. The summed E-state index contributed by atoms with van der Waals surface area (Å²) >= 11 is 1.48. The van der Waals surface area contributed by atoms with Crippen LogP contribution in [0.4, 0.5) is 0 Å². The molecule has 1 aliphatic carbocycles. The second kappa shape index (κ2) is 3.64. The fourth-order valence-electron chi connectivity index (χ4n) is 2.26. The summed E-state index contributed by atoms with van der Waals surface area (Å²) in [6, 6.07) is 9.02. The van der Waals surface area contributed by atoms with Gasteiger partial charge in [-0.3, -0.25) is 9.59 Å². The number of fused-ring (bicyclic) bond motifs is 1. The van der Waals surface area contributed by atoms with Crippen LogP contribution in [0, 0.1) is 6.92 Å². The zero-order valence-corrected chi connectivity index (χ0v) is 10.1. The summed E-state index contributed by atoms with van der Waals surface area (Å²) in [5.41, 5.74) is 2.15. The fourth-order valence-corrected chi connectivity index (χ4v) is 3.28. The van der Waals surface area contributed by atoms with Crippen molar-refractivity contribution < 1.29 is 9.59 Å². The van der Waals surface area contributed by atoms with Crippen LogP contribution in [0.25, 0.3) is 0 Å². The number of hydrogen-bond donors (Lipinski definition) is 0. The highest BCUT2D eigenvalue weighted by Crippen LogP contribution is 2.37. The molecule has 0 radical (unpaired) electrons. The zero-order chi connectivity index (χ0) is 12.0. The first-order valence-corrected chi connectivity index (χ1v) is 6.29. The van der Waals surface area contributed by atoms with Crippen molar-refractivity contribution in [2.75, 3.05) is 0 Å². The van der Waals surface area contributed by atoms with Gasteiger partial charge in [-0.15, -0.1) is 11.3 Å². The maximum Gasteiger partial charge on any atom is 0.179 e. The van der Waals surface area contributed by atoms with Gasteiger partial charge in [-0.2, -0.15) is 0 Å².